The molecule has 1 aromatic carbocycles. The maximum atomic E-state index is 5.89. The van der Waals surface area contributed by atoms with E-state index in [9.17, 15) is 0 Å². The number of likely N-dealkylation sites (N-methyl/N-ethyl adjacent to an activating group) is 1. The third-order valence-corrected chi connectivity index (χ3v) is 3.13. The Bertz CT molecular complexity index is 392. The van der Waals surface area contributed by atoms with Crippen molar-refractivity contribution in [2.75, 3.05) is 7.05 Å². The third-order valence-electron chi connectivity index (χ3n) is 2.87. The summed E-state index contributed by atoms with van der Waals surface area (Å²) in [5.74, 6) is 0. The molecule has 0 spiro atoms. The van der Waals surface area contributed by atoms with Crippen LogP contribution >= 0.6 is 11.6 Å². The molecule has 0 fully saturated rings. The Morgan fingerprint density at radius 3 is 2.47 bits per heavy atom. The molecule has 1 N–H and O–H groups in total. The molecule has 2 heteroatoms. The average molecular weight is 220 g/mol. The number of rotatable bonds is 2. The van der Waals surface area contributed by atoms with Crippen molar-refractivity contribution in [3.63, 3.8) is 0 Å². The zero-order chi connectivity index (χ0) is 10.7. The van der Waals surface area contributed by atoms with Crippen LogP contribution in [0.25, 0.3) is 0 Å². The first kappa shape index (κ1) is 10.5. The molecule has 1 atom stereocenters. The van der Waals surface area contributed by atoms with Gasteiger partial charge >= 0.3 is 0 Å². The van der Waals surface area contributed by atoms with E-state index in [2.05, 4.69) is 41.8 Å². The van der Waals surface area contributed by atoms with E-state index in [0.717, 1.165) is 11.4 Å². The van der Waals surface area contributed by atoms with Crippen LogP contribution in [0, 0.1) is 0 Å². The molecule has 1 nitrogen and oxygen atoms in total. The maximum absolute atomic E-state index is 5.89. The zero-order valence-electron chi connectivity index (χ0n) is 8.70. The van der Waals surface area contributed by atoms with Gasteiger partial charge in [-0.05, 0) is 31.2 Å². The molecule has 0 radical (unpaired) electrons. The van der Waals surface area contributed by atoms with E-state index in [0.29, 0.717) is 0 Å². The quantitative estimate of drug-likeness (QED) is 0.805. The van der Waals surface area contributed by atoms with Crippen molar-refractivity contribution in [3.8, 4) is 0 Å². The summed E-state index contributed by atoms with van der Waals surface area (Å²) in [6, 6.07) is 8.01. The Hall–Kier alpha value is -1.05. The van der Waals surface area contributed by atoms with Crippen LogP contribution in [0.2, 0.25) is 5.02 Å². The van der Waals surface area contributed by atoms with Gasteiger partial charge in [0.05, 0.1) is 5.54 Å². The first-order chi connectivity index (χ1) is 7.27. The summed E-state index contributed by atoms with van der Waals surface area (Å²) in [4.78, 5) is 0. The highest BCUT2D eigenvalue weighted by molar-refractivity contribution is 6.30. The second-order valence-electron chi connectivity index (χ2n) is 3.72. The molecule has 0 saturated carbocycles. The number of benzene rings is 1. The van der Waals surface area contributed by atoms with Crippen molar-refractivity contribution in [2.45, 2.75) is 12.0 Å². The first-order valence-electron chi connectivity index (χ1n) is 5.06. The fourth-order valence-electron chi connectivity index (χ4n) is 1.91. The molecule has 2 rings (SSSR count). The van der Waals surface area contributed by atoms with E-state index in [-0.39, 0.29) is 5.54 Å². The highest BCUT2D eigenvalue weighted by atomic mass is 35.5. The van der Waals surface area contributed by atoms with Gasteiger partial charge in [0.2, 0.25) is 0 Å². The lowest BCUT2D eigenvalue weighted by molar-refractivity contribution is 0.458. The minimum Gasteiger partial charge on any atom is -0.307 e. The van der Waals surface area contributed by atoms with Crippen LogP contribution in [0.4, 0.5) is 0 Å². The van der Waals surface area contributed by atoms with Crippen LogP contribution in [-0.4, -0.2) is 7.05 Å². The molecule has 78 valence electrons. The van der Waals surface area contributed by atoms with Gasteiger partial charge in [0, 0.05) is 5.02 Å². The lowest BCUT2D eigenvalue weighted by Gasteiger charge is -2.31. The Kier molecular flexibility index (Phi) is 2.94. The maximum Gasteiger partial charge on any atom is 0.0656 e. The van der Waals surface area contributed by atoms with Crippen LogP contribution in [0.5, 0.6) is 0 Å². The van der Waals surface area contributed by atoms with E-state index in [1.54, 1.807) is 0 Å². The summed E-state index contributed by atoms with van der Waals surface area (Å²) in [7, 11) is 1.98. The van der Waals surface area contributed by atoms with Crippen molar-refractivity contribution < 1.29 is 0 Å². The minimum atomic E-state index is -0.0701. The monoisotopic (exact) mass is 219 g/mol. The van der Waals surface area contributed by atoms with Crippen molar-refractivity contribution >= 4 is 11.6 Å². The fraction of sp³-hybridized carbons (Fsp3) is 0.231. The molecule has 15 heavy (non-hydrogen) atoms. The minimum absolute atomic E-state index is 0.0701. The summed E-state index contributed by atoms with van der Waals surface area (Å²) in [6.07, 6.45) is 9.49. The van der Waals surface area contributed by atoms with Crippen molar-refractivity contribution in [1.29, 1.82) is 0 Å². The van der Waals surface area contributed by atoms with E-state index in [1.165, 1.54) is 5.56 Å². The van der Waals surface area contributed by atoms with Crippen LogP contribution in [-0.2, 0) is 5.54 Å². The van der Waals surface area contributed by atoms with E-state index < -0.39 is 0 Å². The zero-order valence-corrected chi connectivity index (χ0v) is 9.46. The molecule has 1 aliphatic rings. The van der Waals surface area contributed by atoms with Crippen LogP contribution < -0.4 is 5.32 Å². The summed E-state index contributed by atoms with van der Waals surface area (Å²) in [6.45, 7) is 0. The molecule has 0 unspecified atom stereocenters. The molecule has 0 saturated heterocycles. The number of allylic oxidation sites excluding steroid dienone is 2. The van der Waals surface area contributed by atoms with Crippen molar-refractivity contribution in [2.24, 2.45) is 0 Å². The van der Waals surface area contributed by atoms with E-state index >= 15 is 0 Å². The molecule has 0 aliphatic heterocycles. The molecule has 0 heterocycles. The predicted molar refractivity (Wildman–Crippen MR) is 65.1 cm³/mol. The molecule has 0 bridgehead atoms. The van der Waals surface area contributed by atoms with Gasteiger partial charge in [-0.3, -0.25) is 0 Å². The van der Waals surface area contributed by atoms with E-state index in [1.807, 2.05) is 19.2 Å². The smallest absolute Gasteiger partial charge is 0.0656 e. The lowest BCUT2D eigenvalue weighted by atomic mass is 9.84. The SMILES string of the molecule is CN[C@@]1(c2ccc(Cl)cc2)C=CC=CC1. The van der Waals surface area contributed by atoms with Crippen LogP contribution in [0.15, 0.2) is 48.6 Å². The van der Waals surface area contributed by atoms with Gasteiger partial charge in [-0.15, -0.1) is 0 Å². The number of nitrogens with one attached hydrogen (secondary N) is 1. The topological polar surface area (TPSA) is 12.0 Å². The second-order valence-corrected chi connectivity index (χ2v) is 4.16. The lowest BCUT2D eigenvalue weighted by Crippen LogP contribution is -2.38. The van der Waals surface area contributed by atoms with E-state index in [4.69, 9.17) is 11.6 Å². The Labute approximate surface area is 95.5 Å². The second kappa shape index (κ2) is 4.21. The fourth-order valence-corrected chi connectivity index (χ4v) is 2.04. The molecule has 1 aliphatic carbocycles. The summed E-state index contributed by atoms with van der Waals surface area (Å²) in [5, 5.41) is 4.15. The Morgan fingerprint density at radius 1 is 1.20 bits per heavy atom. The van der Waals surface area contributed by atoms with Gasteiger partial charge in [-0.25, -0.2) is 0 Å². The highest BCUT2D eigenvalue weighted by Crippen LogP contribution is 2.30. The van der Waals surface area contributed by atoms with Gasteiger partial charge in [0.1, 0.15) is 0 Å². The molecular weight excluding hydrogens is 206 g/mol. The number of hydrogen-bond donors (Lipinski definition) is 1. The van der Waals surface area contributed by atoms with Gasteiger partial charge in [-0.1, -0.05) is 48.0 Å². The first-order valence-corrected chi connectivity index (χ1v) is 5.44. The van der Waals surface area contributed by atoms with Gasteiger partial charge in [0.15, 0.2) is 0 Å². The number of halogens is 1. The molecular formula is C13H14ClN. The summed E-state index contributed by atoms with van der Waals surface area (Å²) in [5.41, 5.74) is 1.18. The summed E-state index contributed by atoms with van der Waals surface area (Å²) >= 11 is 5.89. The Morgan fingerprint density at radius 2 is 1.93 bits per heavy atom. The third kappa shape index (κ3) is 1.99. The van der Waals surface area contributed by atoms with Crippen molar-refractivity contribution in [3.05, 3.63) is 59.2 Å². The van der Waals surface area contributed by atoms with Gasteiger partial charge < -0.3 is 5.32 Å². The van der Waals surface area contributed by atoms with Crippen molar-refractivity contribution in [1.82, 2.24) is 5.32 Å². The molecule has 0 amide bonds. The molecule has 1 aromatic rings. The molecule has 0 aromatic heterocycles. The average Bonchev–Trinajstić information content (AvgIpc) is 2.31. The number of hydrogen-bond acceptors (Lipinski definition) is 1. The highest BCUT2D eigenvalue weighted by Gasteiger charge is 2.26. The largest absolute Gasteiger partial charge is 0.307 e. The standard InChI is InChI=1S/C13H14ClN/c1-15-13(9-3-2-4-10-13)11-5-7-12(14)8-6-11/h2-9,15H,10H2,1H3/t13-/m0/s1. The predicted octanol–water partition coefficient (Wildman–Crippen LogP) is 3.27. The normalized spacial score (nSPS) is 24.4. The van der Waals surface area contributed by atoms with Crippen LogP contribution in [0.3, 0.4) is 0 Å². The van der Waals surface area contributed by atoms with Gasteiger partial charge in [0.25, 0.3) is 0 Å². The Balaban J connectivity index is 2.38. The van der Waals surface area contributed by atoms with Crippen LogP contribution in [0.1, 0.15) is 12.0 Å². The summed E-state index contributed by atoms with van der Waals surface area (Å²) < 4.78 is 0. The van der Waals surface area contributed by atoms with Gasteiger partial charge in [-0.2, -0.15) is 0 Å².